The molecule has 0 aromatic carbocycles. The topological polar surface area (TPSA) is 101 Å². The molecule has 0 radical (unpaired) electrons. The Labute approximate surface area is 193 Å². The van der Waals surface area contributed by atoms with Crippen LogP contribution in [0.2, 0.25) is 0 Å². The van der Waals surface area contributed by atoms with Crippen LogP contribution in [0.3, 0.4) is 0 Å². The van der Waals surface area contributed by atoms with E-state index in [0.717, 1.165) is 19.3 Å². The molecule has 0 spiro atoms. The first-order valence-corrected chi connectivity index (χ1v) is 12.4. The Kier molecular flexibility index (Phi) is 5.93. The average Bonchev–Trinajstić information content (AvgIpc) is 3.13. The average molecular weight is 497 g/mol. The summed E-state index contributed by atoms with van der Waals surface area (Å²) in [5, 5.41) is 52.4. The number of aliphatic hydroxyl groups is 5. The summed E-state index contributed by atoms with van der Waals surface area (Å²) in [6.45, 7) is 7.24. The standard InChI is InChI=1S/C25H37BrO5/c1-13-7-16-14(11-26)5-6-15-20(16)17(13)8-23(2)10-19(29)24(3,21(15)23)9-18(28)22(30)25(4,31)12-27/h8,11,13,15,18-19,21-22,27-31H,5-7,9-10,12H2,1-4H3. The first kappa shape index (κ1) is 23.7. The van der Waals surface area contributed by atoms with Crippen LogP contribution in [0.4, 0.5) is 0 Å². The van der Waals surface area contributed by atoms with Gasteiger partial charge in [-0.2, -0.15) is 0 Å². The van der Waals surface area contributed by atoms with Gasteiger partial charge in [0.15, 0.2) is 0 Å². The number of hydrogen-bond donors (Lipinski definition) is 5. The maximum atomic E-state index is 11.3. The fourth-order valence-electron chi connectivity index (χ4n) is 7.48. The van der Waals surface area contributed by atoms with Gasteiger partial charge in [0.05, 0.1) is 18.8 Å². The van der Waals surface area contributed by atoms with Crippen LogP contribution in [0.25, 0.3) is 0 Å². The highest BCUT2D eigenvalue weighted by Gasteiger charge is 2.63. The molecule has 6 heteroatoms. The van der Waals surface area contributed by atoms with E-state index in [1.54, 1.807) is 0 Å². The van der Waals surface area contributed by atoms with Crippen LogP contribution in [-0.4, -0.2) is 56.1 Å². The Hall–Kier alpha value is -0.500. The number of hydrogen-bond acceptors (Lipinski definition) is 5. The molecule has 0 saturated heterocycles. The number of rotatable bonds is 5. The molecule has 4 aliphatic carbocycles. The van der Waals surface area contributed by atoms with Gasteiger partial charge in [0.1, 0.15) is 11.7 Å². The molecule has 1 saturated carbocycles. The Morgan fingerprint density at radius 2 is 2.00 bits per heavy atom. The van der Waals surface area contributed by atoms with Gasteiger partial charge < -0.3 is 25.5 Å². The number of fused-ring (bicyclic) bond motifs is 2. The highest BCUT2D eigenvalue weighted by atomic mass is 79.9. The van der Waals surface area contributed by atoms with E-state index >= 15 is 0 Å². The quantitative estimate of drug-likeness (QED) is 0.402. The number of aliphatic hydroxyl groups excluding tert-OH is 4. The Morgan fingerprint density at radius 1 is 1.32 bits per heavy atom. The Morgan fingerprint density at radius 3 is 2.61 bits per heavy atom. The van der Waals surface area contributed by atoms with Crippen LogP contribution < -0.4 is 0 Å². The molecule has 0 amide bonds. The summed E-state index contributed by atoms with van der Waals surface area (Å²) in [6, 6.07) is 0. The summed E-state index contributed by atoms with van der Waals surface area (Å²) >= 11 is 3.56. The van der Waals surface area contributed by atoms with Gasteiger partial charge in [-0.05, 0) is 89.5 Å². The lowest BCUT2D eigenvalue weighted by Crippen LogP contribution is -2.53. The minimum atomic E-state index is -1.79. The van der Waals surface area contributed by atoms with Crippen molar-refractivity contribution in [2.24, 2.45) is 28.6 Å². The molecule has 0 aromatic heterocycles. The minimum absolute atomic E-state index is 0.131. The van der Waals surface area contributed by atoms with Gasteiger partial charge in [0.2, 0.25) is 0 Å². The Bertz CT molecular complexity index is 845. The molecule has 9 unspecified atom stereocenters. The molecule has 9 atom stereocenters. The summed E-state index contributed by atoms with van der Waals surface area (Å²) in [7, 11) is 0. The number of halogens is 1. The van der Waals surface area contributed by atoms with E-state index in [0.29, 0.717) is 18.3 Å². The van der Waals surface area contributed by atoms with Gasteiger partial charge in [0, 0.05) is 5.41 Å². The molecular formula is C25H37BrO5. The summed E-state index contributed by atoms with van der Waals surface area (Å²) in [5.74, 6) is 0.916. The molecule has 5 nitrogen and oxygen atoms in total. The van der Waals surface area contributed by atoms with Crippen LogP contribution in [0.1, 0.15) is 59.8 Å². The van der Waals surface area contributed by atoms with E-state index in [-0.39, 0.29) is 17.8 Å². The molecular weight excluding hydrogens is 460 g/mol. The molecule has 4 rings (SSSR count). The molecule has 1 fully saturated rings. The van der Waals surface area contributed by atoms with E-state index in [1.807, 2.05) is 6.92 Å². The Balaban J connectivity index is 1.75. The predicted octanol–water partition coefficient (Wildman–Crippen LogP) is 3.20. The molecule has 5 N–H and O–H groups in total. The van der Waals surface area contributed by atoms with Crippen LogP contribution in [0.5, 0.6) is 0 Å². The third-order valence-electron chi connectivity index (χ3n) is 8.97. The summed E-state index contributed by atoms with van der Waals surface area (Å²) in [5.41, 5.74) is 3.12. The highest BCUT2D eigenvalue weighted by molar-refractivity contribution is 9.11. The first-order valence-electron chi connectivity index (χ1n) is 11.5. The molecule has 174 valence electrons. The molecule has 31 heavy (non-hydrogen) atoms. The zero-order valence-electron chi connectivity index (χ0n) is 19.0. The van der Waals surface area contributed by atoms with Crippen LogP contribution in [0, 0.1) is 28.6 Å². The fourth-order valence-corrected chi connectivity index (χ4v) is 7.99. The minimum Gasteiger partial charge on any atom is -0.393 e. The molecule has 0 aromatic rings. The summed E-state index contributed by atoms with van der Waals surface area (Å²) < 4.78 is 0. The molecule has 0 heterocycles. The lowest BCUT2D eigenvalue weighted by atomic mass is 9.54. The maximum Gasteiger partial charge on any atom is 0.113 e. The third kappa shape index (κ3) is 3.44. The van der Waals surface area contributed by atoms with Gasteiger partial charge in [-0.25, -0.2) is 0 Å². The molecule has 4 aliphatic rings. The lowest BCUT2D eigenvalue weighted by Gasteiger charge is -2.50. The van der Waals surface area contributed by atoms with Gasteiger partial charge in [-0.3, -0.25) is 0 Å². The van der Waals surface area contributed by atoms with Crippen molar-refractivity contribution in [2.45, 2.75) is 83.7 Å². The zero-order valence-corrected chi connectivity index (χ0v) is 20.6. The van der Waals surface area contributed by atoms with E-state index in [4.69, 9.17) is 0 Å². The fraction of sp³-hybridized carbons (Fsp3) is 0.760. The van der Waals surface area contributed by atoms with E-state index in [2.05, 4.69) is 40.8 Å². The largest absolute Gasteiger partial charge is 0.393 e. The van der Waals surface area contributed by atoms with Gasteiger partial charge in [-0.1, -0.05) is 42.8 Å². The molecule has 0 aliphatic heterocycles. The first-order chi connectivity index (χ1) is 14.4. The van der Waals surface area contributed by atoms with Gasteiger partial charge in [0.25, 0.3) is 0 Å². The van der Waals surface area contributed by atoms with Crippen LogP contribution >= 0.6 is 15.9 Å². The SMILES string of the molecule is CC1CC2=C3C1=CC1(C)CC(O)C(C)(CC(O)C(O)C(C)(O)CO)C1C3CCC2=CBr. The van der Waals surface area contributed by atoms with Crippen LogP contribution in [0.15, 0.2) is 33.4 Å². The van der Waals surface area contributed by atoms with Crippen molar-refractivity contribution in [3.63, 3.8) is 0 Å². The van der Waals surface area contributed by atoms with E-state index in [9.17, 15) is 25.5 Å². The smallest absolute Gasteiger partial charge is 0.113 e. The monoisotopic (exact) mass is 496 g/mol. The second-order valence-corrected chi connectivity index (χ2v) is 11.8. The second-order valence-electron chi connectivity index (χ2n) is 11.3. The summed E-state index contributed by atoms with van der Waals surface area (Å²) in [6.07, 6.45) is 2.91. The van der Waals surface area contributed by atoms with Gasteiger partial charge >= 0.3 is 0 Å². The number of allylic oxidation sites excluding steroid dienone is 5. The molecule has 0 bridgehead atoms. The van der Waals surface area contributed by atoms with Crippen molar-refractivity contribution < 1.29 is 25.5 Å². The van der Waals surface area contributed by atoms with E-state index in [1.165, 1.54) is 29.2 Å². The predicted molar refractivity (Wildman–Crippen MR) is 123 cm³/mol. The zero-order chi connectivity index (χ0) is 22.9. The van der Waals surface area contributed by atoms with Crippen molar-refractivity contribution in [1.29, 1.82) is 0 Å². The lowest BCUT2D eigenvalue weighted by molar-refractivity contribution is -0.151. The van der Waals surface area contributed by atoms with Gasteiger partial charge in [-0.15, -0.1) is 0 Å². The normalized spacial score (nSPS) is 44.6. The summed E-state index contributed by atoms with van der Waals surface area (Å²) in [4.78, 5) is 2.06. The van der Waals surface area contributed by atoms with Crippen molar-refractivity contribution in [1.82, 2.24) is 0 Å². The second kappa shape index (κ2) is 7.78. The van der Waals surface area contributed by atoms with Crippen molar-refractivity contribution in [3.05, 3.63) is 33.4 Å². The third-order valence-corrected chi connectivity index (χ3v) is 9.52. The van der Waals surface area contributed by atoms with Crippen molar-refractivity contribution in [2.75, 3.05) is 6.61 Å². The van der Waals surface area contributed by atoms with E-state index < -0.39 is 35.9 Å². The highest BCUT2D eigenvalue weighted by Crippen LogP contribution is 2.68. The van der Waals surface area contributed by atoms with Crippen LogP contribution in [-0.2, 0) is 0 Å². The van der Waals surface area contributed by atoms with Crippen molar-refractivity contribution in [3.8, 4) is 0 Å². The maximum absolute atomic E-state index is 11.3. The van der Waals surface area contributed by atoms with Crippen molar-refractivity contribution >= 4 is 15.9 Å².